The van der Waals surface area contributed by atoms with E-state index in [1.165, 1.54) is 18.6 Å². The van der Waals surface area contributed by atoms with Crippen molar-refractivity contribution in [1.29, 1.82) is 0 Å². The lowest BCUT2D eigenvalue weighted by atomic mass is 9.95. The van der Waals surface area contributed by atoms with Crippen LogP contribution >= 0.6 is 22.6 Å². The standard InChI is InChI=1S/C32H38IN3O4S/c1-3-30(32(38)34-27-14-6-4-7-15-27)35(22-25-13-11-10-12-24(25)2)31(37)23-36(28-20-18-26(33)19-21-28)41(39,40)29-16-8-5-9-17-29/h5,8-13,16-21,27,30H,3-4,6-7,14-15,22-23H2,1-2H3,(H,34,38)/t30-/m1/s1. The van der Waals surface area contributed by atoms with Gasteiger partial charge >= 0.3 is 0 Å². The van der Waals surface area contributed by atoms with Crippen LogP contribution in [0, 0.1) is 10.5 Å². The van der Waals surface area contributed by atoms with Crippen LogP contribution in [0.4, 0.5) is 5.69 Å². The summed E-state index contributed by atoms with van der Waals surface area (Å²) in [6.07, 6.45) is 5.61. The number of nitrogens with one attached hydrogen (secondary N) is 1. The van der Waals surface area contributed by atoms with E-state index in [-0.39, 0.29) is 23.4 Å². The molecule has 3 aromatic carbocycles. The predicted molar refractivity (Wildman–Crippen MR) is 171 cm³/mol. The molecule has 41 heavy (non-hydrogen) atoms. The molecule has 0 aromatic heterocycles. The molecule has 1 aliphatic carbocycles. The Morgan fingerprint density at radius 3 is 2.20 bits per heavy atom. The summed E-state index contributed by atoms with van der Waals surface area (Å²) in [5, 5.41) is 3.19. The minimum Gasteiger partial charge on any atom is -0.352 e. The predicted octanol–water partition coefficient (Wildman–Crippen LogP) is 6.05. The molecule has 0 heterocycles. The van der Waals surface area contributed by atoms with Crippen LogP contribution in [0.5, 0.6) is 0 Å². The SMILES string of the molecule is CC[C@H](C(=O)NC1CCCCC1)N(Cc1ccccc1C)C(=O)CN(c1ccc(I)cc1)S(=O)(=O)c1ccccc1. The van der Waals surface area contributed by atoms with Gasteiger partial charge in [0.2, 0.25) is 11.8 Å². The number of halogens is 1. The first-order valence-corrected chi connectivity index (χ1v) is 16.7. The third-order valence-electron chi connectivity index (χ3n) is 7.66. The van der Waals surface area contributed by atoms with Crippen LogP contribution in [0.2, 0.25) is 0 Å². The van der Waals surface area contributed by atoms with E-state index in [1.807, 2.05) is 50.2 Å². The van der Waals surface area contributed by atoms with Crippen LogP contribution in [-0.4, -0.2) is 43.8 Å². The molecular weight excluding hydrogens is 649 g/mol. The highest BCUT2D eigenvalue weighted by molar-refractivity contribution is 14.1. The molecular formula is C32H38IN3O4S. The van der Waals surface area contributed by atoms with Gasteiger partial charge in [-0.15, -0.1) is 0 Å². The highest BCUT2D eigenvalue weighted by Gasteiger charge is 2.34. The number of nitrogens with zero attached hydrogens (tertiary/aromatic N) is 2. The fraction of sp³-hybridized carbons (Fsp3) is 0.375. The lowest BCUT2D eigenvalue weighted by Gasteiger charge is -2.34. The van der Waals surface area contributed by atoms with Crippen molar-refractivity contribution in [3.8, 4) is 0 Å². The van der Waals surface area contributed by atoms with Gasteiger partial charge in [0, 0.05) is 16.2 Å². The van der Waals surface area contributed by atoms with Crippen molar-refractivity contribution >= 4 is 50.1 Å². The maximum Gasteiger partial charge on any atom is 0.264 e. The molecule has 0 bridgehead atoms. The smallest absolute Gasteiger partial charge is 0.264 e. The molecule has 1 saturated carbocycles. The normalized spacial score (nSPS) is 14.7. The summed E-state index contributed by atoms with van der Waals surface area (Å²) in [7, 11) is -4.07. The molecule has 2 amide bonds. The van der Waals surface area contributed by atoms with Crippen molar-refractivity contribution < 1.29 is 18.0 Å². The second-order valence-electron chi connectivity index (χ2n) is 10.5. The monoisotopic (exact) mass is 687 g/mol. The van der Waals surface area contributed by atoms with Gasteiger partial charge in [-0.2, -0.15) is 0 Å². The summed E-state index contributed by atoms with van der Waals surface area (Å²) in [5.74, 6) is -0.620. The van der Waals surface area contributed by atoms with E-state index in [2.05, 4.69) is 27.9 Å². The van der Waals surface area contributed by atoms with Crippen LogP contribution in [0.15, 0.2) is 83.8 Å². The van der Waals surface area contributed by atoms with E-state index < -0.39 is 28.5 Å². The first-order valence-electron chi connectivity index (χ1n) is 14.2. The summed E-state index contributed by atoms with van der Waals surface area (Å²) in [6, 6.07) is 22.3. The Balaban J connectivity index is 1.70. The Hall–Kier alpha value is -2.92. The highest BCUT2D eigenvalue weighted by Crippen LogP contribution is 2.26. The zero-order valence-electron chi connectivity index (χ0n) is 23.6. The van der Waals surface area contributed by atoms with Crippen LogP contribution in [0.25, 0.3) is 0 Å². The van der Waals surface area contributed by atoms with E-state index >= 15 is 0 Å². The Labute approximate surface area is 257 Å². The number of amides is 2. The van der Waals surface area contributed by atoms with Gasteiger partial charge in [0.15, 0.2) is 0 Å². The van der Waals surface area contributed by atoms with Gasteiger partial charge in [-0.1, -0.05) is 68.7 Å². The third-order valence-corrected chi connectivity index (χ3v) is 10.2. The average molecular weight is 688 g/mol. The number of carbonyl (C=O) groups is 2. The molecule has 1 N–H and O–H groups in total. The summed E-state index contributed by atoms with van der Waals surface area (Å²) < 4.78 is 29.9. The molecule has 0 unspecified atom stereocenters. The number of aryl methyl sites for hydroxylation is 1. The fourth-order valence-corrected chi connectivity index (χ4v) is 7.09. The molecule has 0 spiro atoms. The fourth-order valence-electron chi connectivity index (χ4n) is 5.29. The van der Waals surface area contributed by atoms with Gasteiger partial charge < -0.3 is 10.2 Å². The quantitative estimate of drug-likeness (QED) is 0.249. The number of rotatable bonds is 11. The van der Waals surface area contributed by atoms with Crippen molar-refractivity contribution in [2.24, 2.45) is 0 Å². The minimum atomic E-state index is -4.07. The number of sulfonamides is 1. The molecule has 7 nitrogen and oxygen atoms in total. The number of benzene rings is 3. The highest BCUT2D eigenvalue weighted by atomic mass is 127. The lowest BCUT2D eigenvalue weighted by molar-refractivity contribution is -0.140. The van der Waals surface area contributed by atoms with Crippen molar-refractivity contribution in [2.45, 2.75) is 75.9 Å². The van der Waals surface area contributed by atoms with Gasteiger partial charge in [-0.25, -0.2) is 8.42 Å². The Bertz CT molecular complexity index is 1420. The maximum absolute atomic E-state index is 14.2. The van der Waals surface area contributed by atoms with Crippen molar-refractivity contribution in [1.82, 2.24) is 10.2 Å². The van der Waals surface area contributed by atoms with Gasteiger partial charge in [0.25, 0.3) is 10.0 Å². The zero-order chi connectivity index (χ0) is 29.4. The van der Waals surface area contributed by atoms with Crippen LogP contribution in [0.1, 0.15) is 56.6 Å². The van der Waals surface area contributed by atoms with E-state index in [4.69, 9.17) is 0 Å². The van der Waals surface area contributed by atoms with Gasteiger partial charge in [0.05, 0.1) is 10.6 Å². The summed E-state index contributed by atoms with van der Waals surface area (Å²) in [4.78, 5) is 29.5. The molecule has 0 radical (unpaired) electrons. The topological polar surface area (TPSA) is 86.8 Å². The largest absolute Gasteiger partial charge is 0.352 e. The second-order valence-corrected chi connectivity index (χ2v) is 13.6. The number of hydrogen-bond donors (Lipinski definition) is 1. The van der Waals surface area contributed by atoms with E-state index in [9.17, 15) is 18.0 Å². The molecule has 0 saturated heterocycles. The third kappa shape index (κ3) is 7.88. The first-order chi connectivity index (χ1) is 19.7. The zero-order valence-corrected chi connectivity index (χ0v) is 26.6. The van der Waals surface area contributed by atoms with Crippen LogP contribution in [-0.2, 0) is 26.2 Å². The number of hydrogen-bond acceptors (Lipinski definition) is 4. The molecule has 1 atom stereocenters. The number of carbonyl (C=O) groups excluding carboxylic acids is 2. The molecule has 0 aliphatic heterocycles. The van der Waals surface area contributed by atoms with Crippen LogP contribution < -0.4 is 9.62 Å². The molecule has 1 fully saturated rings. The summed E-state index contributed by atoms with van der Waals surface area (Å²) in [6.45, 7) is 3.63. The second kappa shape index (κ2) is 14.3. The van der Waals surface area contributed by atoms with Crippen molar-refractivity contribution in [2.75, 3.05) is 10.8 Å². The van der Waals surface area contributed by atoms with Crippen molar-refractivity contribution in [3.05, 3.63) is 93.6 Å². The maximum atomic E-state index is 14.2. The van der Waals surface area contributed by atoms with Crippen molar-refractivity contribution in [3.63, 3.8) is 0 Å². The first kappa shape index (κ1) is 31.0. The summed E-state index contributed by atoms with van der Waals surface area (Å²) in [5.41, 5.74) is 2.30. The van der Waals surface area contributed by atoms with Gasteiger partial charge in [0.1, 0.15) is 12.6 Å². The Morgan fingerprint density at radius 1 is 0.927 bits per heavy atom. The molecule has 1 aliphatic rings. The summed E-state index contributed by atoms with van der Waals surface area (Å²) >= 11 is 2.16. The minimum absolute atomic E-state index is 0.0962. The molecule has 3 aromatic rings. The van der Waals surface area contributed by atoms with E-state index in [0.717, 1.165) is 44.7 Å². The molecule has 4 rings (SSSR count). The van der Waals surface area contributed by atoms with Crippen LogP contribution in [0.3, 0.4) is 0 Å². The van der Waals surface area contributed by atoms with Gasteiger partial charge in [-0.3, -0.25) is 13.9 Å². The lowest BCUT2D eigenvalue weighted by Crippen LogP contribution is -2.54. The molecule has 9 heteroatoms. The van der Waals surface area contributed by atoms with E-state index in [0.29, 0.717) is 12.1 Å². The number of anilines is 1. The Morgan fingerprint density at radius 2 is 1.56 bits per heavy atom. The van der Waals surface area contributed by atoms with E-state index in [1.54, 1.807) is 35.2 Å². The Kier molecular flexibility index (Phi) is 10.8. The van der Waals surface area contributed by atoms with Gasteiger partial charge in [-0.05, 0) is 96.3 Å². The molecule has 218 valence electrons. The average Bonchev–Trinajstić information content (AvgIpc) is 2.98.